The number of nitrogens with zero attached hydrogens (tertiary/aromatic N) is 11. The fourth-order valence-electron chi connectivity index (χ4n) is 12.0. The van der Waals surface area contributed by atoms with Gasteiger partial charge in [-0.3, -0.25) is 43.1 Å². The zero-order valence-electron chi connectivity index (χ0n) is 75.5. The van der Waals surface area contributed by atoms with Crippen molar-refractivity contribution in [2.24, 2.45) is 23.7 Å². The van der Waals surface area contributed by atoms with E-state index in [1.807, 2.05) is 33.8 Å². The Balaban J connectivity index is 0.000000687. The van der Waals surface area contributed by atoms with Crippen LogP contribution >= 0.6 is 31.0 Å². The number of benzene rings is 2. The summed E-state index contributed by atoms with van der Waals surface area (Å²) in [5.74, 6) is -0.0720. The van der Waals surface area contributed by atoms with E-state index < -0.39 is 148 Å². The van der Waals surface area contributed by atoms with Gasteiger partial charge >= 0.3 is 31.0 Å². The molecule has 40 nitrogen and oxygen atoms in total. The van der Waals surface area contributed by atoms with Crippen LogP contribution in [-0.2, 0) is 91.9 Å². The van der Waals surface area contributed by atoms with Crippen LogP contribution in [0.2, 0.25) is 72.5 Å². The van der Waals surface area contributed by atoms with Crippen LogP contribution in [0.1, 0.15) is 153 Å². The van der Waals surface area contributed by atoms with E-state index in [1.165, 1.54) is 74.2 Å². The summed E-state index contributed by atoms with van der Waals surface area (Å²) in [6, 6.07) is 13.3. The van der Waals surface area contributed by atoms with E-state index in [2.05, 4.69) is 165 Å². The topological polar surface area (TPSA) is 504 Å². The standard InChI is InChI=1S/C36H60N6O13P2Si2.C19H30N6O6PSi.C19H32NO8PSi.3CH4.B.U.H2/c1-22-28(52-58(11,12)35(3,4)5)26(49-33(22)48-25-17-15-24(16-18-25)42(43)44)19-47-56(9,45)55-57(10,46)54-51-34-23(2)29(53-59(13,14)36(6,7)8)32(50-34)41-21-40-27-30(37)38-20-39-31(27)41;1-12-14(30-33(5,6)19(2,3)4)17(25-11-24-13-15(21)22-10-23-16(13)25)28-18(12)29-31-32(26)27-9-7-8-20;1-13-17(28-30(6,7)19(2,3)4)16(12-25-29(5,23)24)27-18(13)26-15-10-8-14(9-11-15)20(21)22;;;;;;/h15-18,20-23,26,28-29,32-34H,19H2,1-14H3,(H2,37,38,39);10-12,14,17-18H,7,9H2,1-6H3,(H2,21,22,23);8-11,13,16-18H,12H2,1-7H3,(H,23,24);3*1H4;;;1H/q;+1;;;;;;;/t22?,23?,26-,28+,29-,32-,33+,34-,56?,57?;12?,14-,17-,18-;13?,16-,17+,18+;;;;;;/m111....../s1/i;;;;;;;;1+1. The zero-order valence-corrected chi connectivity index (χ0v) is 87.2. The minimum atomic E-state index is -4.24. The molecular formula is C77H136BN13O27P4Si4U+. The molecule has 8 heterocycles. The largest absolute Gasteiger partial charge is 0.728 e. The third kappa shape index (κ3) is 30.1. The molecule has 4 aliphatic heterocycles. The van der Waals surface area contributed by atoms with E-state index in [0.717, 1.165) is 13.3 Å². The number of rotatable bonds is 33. The molecule has 4 aliphatic rings. The number of hydrogen-bond acceptors (Lipinski definition) is 35. The molecule has 127 heavy (non-hydrogen) atoms. The van der Waals surface area contributed by atoms with E-state index in [9.17, 15) is 43.4 Å². The number of imidazole rings is 2. The first kappa shape index (κ1) is 116. The first-order valence-corrected chi connectivity index (χ1v) is 58.4. The van der Waals surface area contributed by atoms with Crippen molar-refractivity contribution in [1.29, 1.82) is 5.26 Å². The van der Waals surface area contributed by atoms with Gasteiger partial charge in [0.1, 0.15) is 54.0 Å². The monoisotopic (exact) mass is 2160 g/mol. The Morgan fingerprint density at radius 2 is 0.882 bits per heavy atom. The molecule has 0 aliphatic carbocycles. The van der Waals surface area contributed by atoms with Gasteiger partial charge in [-0.15, -0.1) is 9.20 Å². The Hall–Kier alpha value is -4.88. The van der Waals surface area contributed by atoms with Crippen LogP contribution in [0, 0.1) is 86.3 Å². The normalized spacial score (nSPS) is 25.6. The number of ether oxygens (including phenoxy) is 6. The summed E-state index contributed by atoms with van der Waals surface area (Å²) in [4.78, 5) is 67.0. The molecule has 6 aromatic rings. The second kappa shape index (κ2) is 45.9. The predicted molar refractivity (Wildman–Crippen MR) is 489 cm³/mol. The van der Waals surface area contributed by atoms with Gasteiger partial charge in [-0.1, -0.05) is 133 Å². The third-order valence-electron chi connectivity index (χ3n) is 23.3. The zero-order chi connectivity index (χ0) is 91.4. The van der Waals surface area contributed by atoms with Gasteiger partial charge in [-0.05, 0) is 96.8 Å². The molecule has 50 heteroatoms. The smallest absolute Gasteiger partial charge is 0.465 e. The van der Waals surface area contributed by atoms with Gasteiger partial charge < -0.3 is 71.5 Å². The number of aromatic nitrogens is 8. The molecule has 0 bridgehead atoms. The molecule has 5 N–H and O–H groups in total. The van der Waals surface area contributed by atoms with Gasteiger partial charge in [0, 0.05) is 113 Å². The average molecular weight is 2160 g/mol. The maximum absolute atomic E-state index is 13.8. The molecule has 8 unspecified atom stereocenters. The summed E-state index contributed by atoms with van der Waals surface area (Å²) < 4.78 is 150. The summed E-state index contributed by atoms with van der Waals surface area (Å²) in [5.41, 5.74) is 13.7. The number of nitro benzene ring substituents is 2. The quantitative estimate of drug-likeness (QED) is 0.00860. The maximum atomic E-state index is 13.8. The van der Waals surface area contributed by atoms with E-state index in [1.54, 1.807) is 15.5 Å². The predicted octanol–water partition coefficient (Wildman–Crippen LogP) is 18.8. The van der Waals surface area contributed by atoms with Crippen molar-refractivity contribution in [3.05, 3.63) is 94.1 Å². The molecule has 0 saturated carbocycles. The fraction of sp³-hybridized carbons (Fsp3) is 0.701. The van der Waals surface area contributed by atoms with Crippen LogP contribution < -0.4 is 20.9 Å². The van der Waals surface area contributed by atoms with E-state index in [0.29, 0.717) is 33.8 Å². The molecule has 3 radical (unpaired) electrons. The second-order valence-corrected chi connectivity index (χ2v) is 62.8. The van der Waals surface area contributed by atoms with E-state index >= 15 is 0 Å². The Morgan fingerprint density at radius 3 is 1.22 bits per heavy atom. The first-order chi connectivity index (χ1) is 56.1. The van der Waals surface area contributed by atoms with E-state index in [-0.39, 0.29) is 156 Å². The Kier molecular flexibility index (Phi) is 42.0. The van der Waals surface area contributed by atoms with Gasteiger partial charge in [-0.2, -0.15) is 15.0 Å². The van der Waals surface area contributed by atoms with Gasteiger partial charge in [-0.25, -0.2) is 34.2 Å². The number of hydrogen-bond donors (Lipinski definition) is 3. The van der Waals surface area contributed by atoms with Crippen molar-refractivity contribution < 1.29 is 149 Å². The van der Waals surface area contributed by atoms with Gasteiger partial charge in [0.25, 0.3) is 11.4 Å². The van der Waals surface area contributed by atoms with Crippen molar-refractivity contribution in [2.45, 2.75) is 286 Å². The average Bonchev–Trinajstić information content (AvgIpc) is 1.61. The number of fused-ring (bicyclic) bond motifs is 2. The molecule has 10 rings (SSSR count). The van der Waals surface area contributed by atoms with Crippen molar-refractivity contribution in [3.8, 4) is 17.6 Å². The summed E-state index contributed by atoms with van der Waals surface area (Å²) in [6.07, 6.45) is -2.44. The molecular weight excluding hydrogens is 2020 g/mol. The molecule has 4 aromatic heterocycles. The maximum Gasteiger partial charge on any atom is 0.728 e. The number of non-ortho nitro benzene ring substituents is 2. The van der Waals surface area contributed by atoms with Crippen molar-refractivity contribution in [2.75, 3.05) is 51.3 Å². The number of nitriles is 1. The number of nitrogens with two attached hydrogens (primary N) is 2. The molecule has 4 saturated heterocycles. The van der Waals surface area contributed by atoms with Crippen LogP contribution in [0.3, 0.4) is 0 Å². The molecule has 713 valence electrons. The SMILES string of the molecule is C.C.C.CC1[C@@H](OOP(C)(=O)OP(C)(=O)OC[C@H]2O[C@H](Oc3ccc([N+](=O)[O-])cc3)C(C)[C@@H]2O[Si](C)(C)C(C)(C)C)O[C@@H](n2cnc3c(N)ncnc32)[C@@H]1O[Si](C)(C)C(C)(C)C.CC1[C@@H](OO[P+](=O)OCCC#N)O[C@@H](n2cnc3c(N)ncnc32)[C@@H]1O[Si](C)(C)C(C)(C)C.CC1[C@@H](Oc2ccc([N+](=O)[O-])cc2)O[C@H](COP(C)(=O)O)[C@H]1O[Si](C)(C)C(C)(C)C.[2HH].[B].[U]. The molecule has 0 amide bonds. The molecule has 0 spiro atoms. The van der Waals surface area contributed by atoms with Crippen molar-refractivity contribution in [3.63, 3.8) is 0 Å². The third-order valence-corrected chi connectivity index (χ3v) is 45.7. The van der Waals surface area contributed by atoms with E-state index in [4.69, 9.17) is 99.9 Å². The van der Waals surface area contributed by atoms with Crippen molar-refractivity contribution in [1.82, 2.24) is 39.0 Å². The van der Waals surface area contributed by atoms with Crippen LogP contribution in [0.25, 0.3) is 22.3 Å². The van der Waals surface area contributed by atoms with Crippen LogP contribution in [0.5, 0.6) is 11.5 Å². The Labute approximate surface area is 778 Å². The van der Waals surface area contributed by atoms with Gasteiger partial charge in [0.05, 0.1) is 77.3 Å². The fourth-order valence-corrected chi connectivity index (χ4v) is 21.5. The molecule has 20 atom stereocenters. The number of nitro groups is 2. The summed E-state index contributed by atoms with van der Waals surface area (Å²) in [7, 11) is -23.8. The van der Waals surface area contributed by atoms with Gasteiger partial charge in [0.2, 0.25) is 18.9 Å². The minimum absolute atomic E-state index is 0. The molecule has 4 fully saturated rings. The van der Waals surface area contributed by atoms with Gasteiger partial charge in [0.15, 0.2) is 74.9 Å². The Bertz CT molecular complexity index is 4800. The summed E-state index contributed by atoms with van der Waals surface area (Å²) in [6.45, 7) is 53.1. The van der Waals surface area contributed by atoms with Crippen LogP contribution in [-0.4, -0.2) is 197 Å². The minimum Gasteiger partial charge on any atom is -0.465 e. The summed E-state index contributed by atoms with van der Waals surface area (Å²) in [5, 5.41) is 30.2. The second-order valence-electron chi connectivity index (χ2n) is 36.9. The summed E-state index contributed by atoms with van der Waals surface area (Å²) >= 11 is 0. The first-order valence-electron chi connectivity index (χ1n) is 39.7. The van der Waals surface area contributed by atoms with Crippen LogP contribution in [0.15, 0.2) is 73.8 Å². The molecule has 2 aromatic carbocycles. The number of nitrogen functional groups attached to an aromatic ring is 2. The Morgan fingerprint density at radius 1 is 0.543 bits per heavy atom. The van der Waals surface area contributed by atoms with Crippen LogP contribution in [0.4, 0.5) is 23.0 Å². The van der Waals surface area contributed by atoms with Crippen molar-refractivity contribution >= 4 is 118 Å². The number of anilines is 2.